The first-order chi connectivity index (χ1) is 7.81. The summed E-state index contributed by atoms with van der Waals surface area (Å²) in [4.78, 5) is 0. The van der Waals surface area contributed by atoms with Gasteiger partial charge in [-0.2, -0.15) is 0 Å². The summed E-state index contributed by atoms with van der Waals surface area (Å²) in [5.41, 5.74) is 2.81. The van der Waals surface area contributed by atoms with Gasteiger partial charge in [-0.3, -0.25) is 0 Å². The smallest absolute Gasteiger partial charge is 0.101 e. The van der Waals surface area contributed by atoms with E-state index in [0.29, 0.717) is 6.04 Å². The van der Waals surface area contributed by atoms with Crippen LogP contribution in [0.5, 0.6) is 0 Å². The zero-order chi connectivity index (χ0) is 11.4. The van der Waals surface area contributed by atoms with Crippen LogP contribution in [-0.2, 0) is 0 Å². The number of allylic oxidation sites excluding steroid dienone is 1. The van der Waals surface area contributed by atoms with Gasteiger partial charge in [0.25, 0.3) is 0 Å². The Labute approximate surface area is 97.7 Å². The lowest BCUT2D eigenvalue weighted by atomic mass is 10.0. The largest absolute Gasteiger partial charge is 0.469 e. The van der Waals surface area contributed by atoms with E-state index in [2.05, 4.69) is 24.4 Å². The molecule has 0 amide bonds. The van der Waals surface area contributed by atoms with Crippen LogP contribution >= 0.6 is 0 Å². The van der Waals surface area contributed by atoms with Crippen molar-refractivity contribution in [2.24, 2.45) is 0 Å². The van der Waals surface area contributed by atoms with E-state index in [1.165, 1.54) is 36.8 Å². The monoisotopic (exact) mass is 219 g/mol. The summed E-state index contributed by atoms with van der Waals surface area (Å²) in [6, 6.07) is 2.52. The maximum atomic E-state index is 5.42. The number of nitrogens with one attached hydrogen (secondary N) is 1. The Hall–Kier alpha value is -1.02. The Morgan fingerprint density at radius 2 is 2.38 bits per heavy atom. The Balaban J connectivity index is 2.13. The minimum Gasteiger partial charge on any atom is -0.469 e. The molecule has 0 fully saturated rings. The second-order valence-corrected chi connectivity index (χ2v) is 4.55. The average molecular weight is 219 g/mol. The molecule has 0 saturated carbocycles. The predicted octanol–water partition coefficient (Wildman–Crippen LogP) is 3.74. The molecule has 1 aliphatic rings. The second kappa shape index (κ2) is 5.35. The lowest BCUT2D eigenvalue weighted by Crippen LogP contribution is -2.23. The van der Waals surface area contributed by atoms with Crippen molar-refractivity contribution in [2.45, 2.75) is 45.6 Å². The van der Waals surface area contributed by atoms with Gasteiger partial charge in [-0.1, -0.05) is 18.6 Å². The Kier molecular flexibility index (Phi) is 3.83. The molecule has 2 nitrogen and oxygen atoms in total. The van der Waals surface area contributed by atoms with Crippen LogP contribution in [0.3, 0.4) is 0 Å². The van der Waals surface area contributed by atoms with Gasteiger partial charge in [0.1, 0.15) is 5.76 Å². The molecule has 1 N–H and O–H groups in total. The number of rotatable bonds is 5. The van der Waals surface area contributed by atoms with Gasteiger partial charge in [-0.05, 0) is 45.2 Å². The summed E-state index contributed by atoms with van der Waals surface area (Å²) >= 11 is 0. The first-order valence-electron chi connectivity index (χ1n) is 6.28. The molecule has 0 spiro atoms. The fourth-order valence-electron chi connectivity index (χ4n) is 2.32. The number of aryl methyl sites for hydroxylation is 1. The predicted molar refractivity (Wildman–Crippen MR) is 66.4 cm³/mol. The summed E-state index contributed by atoms with van der Waals surface area (Å²) in [6.45, 7) is 5.27. The highest BCUT2D eigenvalue weighted by Gasteiger charge is 2.19. The lowest BCUT2D eigenvalue weighted by Gasteiger charge is -2.18. The minimum atomic E-state index is 0.375. The molecule has 1 aromatic heterocycles. The van der Waals surface area contributed by atoms with Gasteiger partial charge in [-0.15, -0.1) is 0 Å². The Morgan fingerprint density at radius 1 is 1.50 bits per heavy atom. The lowest BCUT2D eigenvalue weighted by molar-refractivity contribution is 0.521. The molecule has 88 valence electrons. The van der Waals surface area contributed by atoms with E-state index in [0.717, 1.165) is 12.3 Å². The van der Waals surface area contributed by atoms with E-state index in [1.807, 2.05) is 13.2 Å². The van der Waals surface area contributed by atoms with Gasteiger partial charge in [0.2, 0.25) is 0 Å². The van der Waals surface area contributed by atoms with Crippen molar-refractivity contribution in [1.82, 2.24) is 5.32 Å². The summed E-state index contributed by atoms with van der Waals surface area (Å²) in [6.07, 6.45) is 9.21. The first-order valence-corrected chi connectivity index (χ1v) is 6.28. The number of hydrogen-bond acceptors (Lipinski definition) is 2. The highest BCUT2D eigenvalue weighted by molar-refractivity contribution is 5.28. The topological polar surface area (TPSA) is 25.2 Å². The molecule has 1 atom stereocenters. The third kappa shape index (κ3) is 2.56. The molecule has 0 aromatic carbocycles. The van der Waals surface area contributed by atoms with Crippen LogP contribution in [0.15, 0.2) is 28.4 Å². The highest BCUT2D eigenvalue weighted by Crippen LogP contribution is 2.31. The minimum absolute atomic E-state index is 0.375. The third-order valence-corrected chi connectivity index (χ3v) is 3.13. The van der Waals surface area contributed by atoms with Crippen LogP contribution in [0.1, 0.15) is 50.0 Å². The standard InChI is InChI=1S/C14H21NO/c1-3-8-15-14(12-6-4-5-7-12)13-9-11(2)16-10-13/h6,9-10,14-15H,3-5,7-8H2,1-2H3. The van der Waals surface area contributed by atoms with Crippen molar-refractivity contribution in [3.8, 4) is 0 Å². The molecule has 1 aliphatic carbocycles. The number of hydrogen-bond donors (Lipinski definition) is 1. The third-order valence-electron chi connectivity index (χ3n) is 3.13. The zero-order valence-electron chi connectivity index (χ0n) is 10.3. The van der Waals surface area contributed by atoms with Crippen molar-refractivity contribution in [3.63, 3.8) is 0 Å². The first kappa shape index (κ1) is 11.5. The van der Waals surface area contributed by atoms with Crippen molar-refractivity contribution in [2.75, 3.05) is 6.54 Å². The Bertz CT molecular complexity index is 365. The Morgan fingerprint density at radius 3 is 2.94 bits per heavy atom. The van der Waals surface area contributed by atoms with Crippen molar-refractivity contribution < 1.29 is 4.42 Å². The summed E-state index contributed by atoms with van der Waals surface area (Å²) in [7, 11) is 0. The summed E-state index contributed by atoms with van der Waals surface area (Å²) in [5.74, 6) is 0.997. The molecule has 2 rings (SSSR count). The molecule has 1 aromatic rings. The van der Waals surface area contributed by atoms with Crippen LogP contribution in [0.2, 0.25) is 0 Å². The molecule has 1 unspecified atom stereocenters. The molecular weight excluding hydrogens is 198 g/mol. The van der Waals surface area contributed by atoms with Crippen molar-refractivity contribution >= 4 is 0 Å². The molecule has 0 saturated heterocycles. The van der Waals surface area contributed by atoms with E-state index in [4.69, 9.17) is 4.42 Å². The van der Waals surface area contributed by atoms with Crippen LogP contribution < -0.4 is 5.32 Å². The van der Waals surface area contributed by atoms with Gasteiger partial charge in [0, 0.05) is 5.56 Å². The fraction of sp³-hybridized carbons (Fsp3) is 0.571. The maximum absolute atomic E-state index is 5.42. The fourth-order valence-corrected chi connectivity index (χ4v) is 2.32. The van der Waals surface area contributed by atoms with E-state index < -0.39 is 0 Å². The van der Waals surface area contributed by atoms with Crippen LogP contribution in [0.4, 0.5) is 0 Å². The van der Waals surface area contributed by atoms with Gasteiger partial charge in [-0.25, -0.2) is 0 Å². The quantitative estimate of drug-likeness (QED) is 0.763. The normalized spacial score (nSPS) is 17.5. The number of furan rings is 1. The summed E-state index contributed by atoms with van der Waals surface area (Å²) < 4.78 is 5.42. The molecule has 0 aliphatic heterocycles. The highest BCUT2D eigenvalue weighted by atomic mass is 16.3. The summed E-state index contributed by atoms with van der Waals surface area (Å²) in [5, 5.41) is 3.61. The zero-order valence-corrected chi connectivity index (χ0v) is 10.3. The van der Waals surface area contributed by atoms with Crippen LogP contribution in [-0.4, -0.2) is 6.54 Å². The van der Waals surface area contributed by atoms with Gasteiger partial charge in [0.15, 0.2) is 0 Å². The van der Waals surface area contributed by atoms with Crippen LogP contribution in [0.25, 0.3) is 0 Å². The van der Waals surface area contributed by atoms with E-state index in [1.54, 1.807) is 0 Å². The maximum Gasteiger partial charge on any atom is 0.101 e. The van der Waals surface area contributed by atoms with E-state index in [-0.39, 0.29) is 0 Å². The van der Waals surface area contributed by atoms with E-state index in [9.17, 15) is 0 Å². The van der Waals surface area contributed by atoms with Gasteiger partial charge in [0.05, 0.1) is 12.3 Å². The van der Waals surface area contributed by atoms with Gasteiger partial charge >= 0.3 is 0 Å². The molecule has 0 bridgehead atoms. The van der Waals surface area contributed by atoms with Crippen molar-refractivity contribution in [1.29, 1.82) is 0 Å². The average Bonchev–Trinajstić information content (AvgIpc) is 2.91. The molecule has 16 heavy (non-hydrogen) atoms. The molecule has 1 heterocycles. The molecule has 0 radical (unpaired) electrons. The van der Waals surface area contributed by atoms with Crippen molar-refractivity contribution in [3.05, 3.63) is 35.3 Å². The molecular formula is C14H21NO. The molecule has 2 heteroatoms. The second-order valence-electron chi connectivity index (χ2n) is 4.55. The van der Waals surface area contributed by atoms with Crippen LogP contribution in [0, 0.1) is 6.92 Å². The van der Waals surface area contributed by atoms with E-state index >= 15 is 0 Å². The van der Waals surface area contributed by atoms with Gasteiger partial charge < -0.3 is 9.73 Å². The SMILES string of the molecule is CCCNC(C1=CCCC1)c1coc(C)c1.